The lowest BCUT2D eigenvalue weighted by Gasteiger charge is -2.29. The molecule has 1 unspecified atom stereocenters. The number of aliphatic carboxylic acids is 1. The van der Waals surface area contributed by atoms with Gasteiger partial charge in [-0.05, 0) is 24.1 Å². The Bertz CT molecular complexity index is 626. The Morgan fingerprint density at radius 3 is 2.10 bits per heavy atom. The van der Waals surface area contributed by atoms with Crippen LogP contribution in [0.25, 0.3) is 0 Å². The van der Waals surface area contributed by atoms with E-state index in [4.69, 9.17) is 5.73 Å². The number of halogens is 2. The third-order valence-corrected chi connectivity index (χ3v) is 3.62. The predicted octanol–water partition coefficient (Wildman–Crippen LogP) is 2.49. The molecule has 2 aromatic rings. The van der Waals surface area contributed by atoms with Gasteiger partial charge in [-0.2, -0.15) is 0 Å². The van der Waals surface area contributed by atoms with Crippen molar-refractivity contribution in [1.82, 2.24) is 0 Å². The molecule has 0 aliphatic rings. The monoisotopic (exact) mass is 291 g/mol. The van der Waals surface area contributed by atoms with Crippen molar-refractivity contribution in [1.29, 1.82) is 0 Å². The van der Waals surface area contributed by atoms with Gasteiger partial charge in [0.2, 0.25) is 0 Å². The maximum Gasteiger partial charge on any atom is 0.315 e. The van der Waals surface area contributed by atoms with Gasteiger partial charge in [0.15, 0.2) is 0 Å². The molecule has 3 nitrogen and oxygen atoms in total. The van der Waals surface area contributed by atoms with Gasteiger partial charge in [0, 0.05) is 12.1 Å². The quantitative estimate of drug-likeness (QED) is 0.889. The van der Waals surface area contributed by atoms with Crippen molar-refractivity contribution < 1.29 is 18.7 Å². The molecule has 2 rings (SSSR count). The second-order valence-electron chi connectivity index (χ2n) is 4.83. The number of nitrogens with two attached hydrogens (primary N) is 1. The van der Waals surface area contributed by atoms with Crippen LogP contribution < -0.4 is 5.73 Å². The zero-order chi connectivity index (χ0) is 15.5. The molecule has 0 amide bonds. The summed E-state index contributed by atoms with van der Waals surface area (Å²) < 4.78 is 27.6. The van der Waals surface area contributed by atoms with E-state index in [2.05, 4.69) is 0 Å². The average molecular weight is 291 g/mol. The lowest BCUT2D eigenvalue weighted by atomic mass is 9.75. The SMILES string of the molecule is NCC(Cc1c(F)cccc1F)(C(=O)O)c1ccccc1. The van der Waals surface area contributed by atoms with Crippen LogP contribution in [0.2, 0.25) is 0 Å². The van der Waals surface area contributed by atoms with E-state index in [1.807, 2.05) is 0 Å². The number of carbonyl (C=O) groups is 1. The van der Waals surface area contributed by atoms with E-state index in [1.165, 1.54) is 6.07 Å². The van der Waals surface area contributed by atoms with Crippen LogP contribution in [-0.2, 0) is 16.6 Å². The van der Waals surface area contributed by atoms with Gasteiger partial charge in [0.25, 0.3) is 0 Å². The summed E-state index contributed by atoms with van der Waals surface area (Å²) in [5.74, 6) is -2.76. The lowest BCUT2D eigenvalue weighted by molar-refractivity contribution is -0.143. The van der Waals surface area contributed by atoms with Crippen LogP contribution in [-0.4, -0.2) is 17.6 Å². The molecule has 0 aromatic heterocycles. The standard InChI is InChI=1S/C16H15F2NO2/c17-13-7-4-8-14(18)12(13)9-16(10-19,15(20)21)11-5-2-1-3-6-11/h1-8H,9-10,19H2,(H,20,21). The Morgan fingerprint density at radius 1 is 1.05 bits per heavy atom. The highest BCUT2D eigenvalue weighted by molar-refractivity contribution is 5.82. The van der Waals surface area contributed by atoms with Crippen LogP contribution >= 0.6 is 0 Å². The molecule has 0 fully saturated rings. The normalized spacial score (nSPS) is 13.7. The maximum absolute atomic E-state index is 13.8. The van der Waals surface area contributed by atoms with E-state index in [9.17, 15) is 18.7 Å². The van der Waals surface area contributed by atoms with Gasteiger partial charge in [-0.25, -0.2) is 8.78 Å². The van der Waals surface area contributed by atoms with Crippen molar-refractivity contribution in [3.63, 3.8) is 0 Å². The van der Waals surface area contributed by atoms with Crippen molar-refractivity contribution in [3.05, 3.63) is 71.3 Å². The summed E-state index contributed by atoms with van der Waals surface area (Å²) >= 11 is 0. The van der Waals surface area contributed by atoms with Gasteiger partial charge in [0.1, 0.15) is 17.0 Å². The topological polar surface area (TPSA) is 63.3 Å². The zero-order valence-corrected chi connectivity index (χ0v) is 11.2. The molecule has 1 atom stereocenters. The van der Waals surface area contributed by atoms with Crippen LogP contribution in [0.4, 0.5) is 8.78 Å². The highest BCUT2D eigenvalue weighted by Gasteiger charge is 2.40. The van der Waals surface area contributed by atoms with Crippen LogP contribution in [0.1, 0.15) is 11.1 Å². The first-order chi connectivity index (χ1) is 10.0. The lowest BCUT2D eigenvalue weighted by Crippen LogP contribution is -2.45. The van der Waals surface area contributed by atoms with Crippen molar-refractivity contribution in [2.75, 3.05) is 6.54 Å². The average Bonchev–Trinajstić information content (AvgIpc) is 2.48. The minimum Gasteiger partial charge on any atom is -0.481 e. The number of hydrogen-bond acceptors (Lipinski definition) is 2. The number of carboxylic acids is 1. The number of carboxylic acid groups (broad SMARTS) is 1. The Kier molecular flexibility index (Phi) is 4.33. The van der Waals surface area contributed by atoms with Crippen molar-refractivity contribution in [2.24, 2.45) is 5.73 Å². The summed E-state index contributed by atoms with van der Waals surface area (Å²) in [5, 5.41) is 9.60. The summed E-state index contributed by atoms with van der Waals surface area (Å²) in [5.41, 5.74) is 4.25. The largest absolute Gasteiger partial charge is 0.481 e. The van der Waals surface area contributed by atoms with Crippen LogP contribution in [0.5, 0.6) is 0 Å². The third kappa shape index (κ3) is 2.78. The highest BCUT2D eigenvalue weighted by atomic mass is 19.1. The second kappa shape index (κ2) is 6.01. The van der Waals surface area contributed by atoms with Gasteiger partial charge in [0.05, 0.1) is 0 Å². The van der Waals surface area contributed by atoms with Gasteiger partial charge in [-0.1, -0.05) is 36.4 Å². The first kappa shape index (κ1) is 15.1. The zero-order valence-electron chi connectivity index (χ0n) is 11.2. The van der Waals surface area contributed by atoms with E-state index >= 15 is 0 Å². The fourth-order valence-electron chi connectivity index (χ4n) is 2.34. The summed E-state index contributed by atoms with van der Waals surface area (Å²) in [6.45, 7) is -0.264. The molecule has 0 bridgehead atoms. The van der Waals surface area contributed by atoms with Crippen LogP contribution in [0.3, 0.4) is 0 Å². The van der Waals surface area contributed by atoms with E-state index in [0.29, 0.717) is 5.56 Å². The molecule has 0 heterocycles. The van der Waals surface area contributed by atoms with Gasteiger partial charge >= 0.3 is 5.97 Å². The predicted molar refractivity (Wildman–Crippen MR) is 74.9 cm³/mol. The van der Waals surface area contributed by atoms with E-state index in [-0.39, 0.29) is 18.5 Å². The minimum atomic E-state index is -1.57. The van der Waals surface area contributed by atoms with Crippen molar-refractivity contribution in [3.8, 4) is 0 Å². The van der Waals surface area contributed by atoms with Gasteiger partial charge in [-0.15, -0.1) is 0 Å². The van der Waals surface area contributed by atoms with E-state index in [1.54, 1.807) is 30.3 Å². The van der Waals surface area contributed by atoms with Crippen LogP contribution in [0.15, 0.2) is 48.5 Å². The first-order valence-corrected chi connectivity index (χ1v) is 6.43. The van der Waals surface area contributed by atoms with E-state index in [0.717, 1.165) is 12.1 Å². The Morgan fingerprint density at radius 2 is 1.62 bits per heavy atom. The minimum absolute atomic E-state index is 0.264. The summed E-state index contributed by atoms with van der Waals surface area (Å²) in [6, 6.07) is 11.7. The molecule has 0 aliphatic carbocycles. The molecular weight excluding hydrogens is 276 g/mol. The fraction of sp³-hybridized carbons (Fsp3) is 0.188. The van der Waals surface area contributed by atoms with Crippen molar-refractivity contribution in [2.45, 2.75) is 11.8 Å². The molecular formula is C16H15F2NO2. The first-order valence-electron chi connectivity index (χ1n) is 6.43. The summed E-state index contributed by atoms with van der Waals surface area (Å²) in [7, 11) is 0. The summed E-state index contributed by atoms with van der Waals surface area (Å²) in [6.07, 6.45) is -0.346. The third-order valence-electron chi connectivity index (χ3n) is 3.62. The second-order valence-corrected chi connectivity index (χ2v) is 4.83. The fourth-order valence-corrected chi connectivity index (χ4v) is 2.34. The number of benzene rings is 2. The Labute approximate surface area is 121 Å². The van der Waals surface area contributed by atoms with E-state index < -0.39 is 23.0 Å². The van der Waals surface area contributed by atoms with Gasteiger partial charge in [-0.3, -0.25) is 4.79 Å². The smallest absolute Gasteiger partial charge is 0.315 e. The summed E-state index contributed by atoms with van der Waals surface area (Å²) in [4.78, 5) is 11.8. The molecule has 0 saturated heterocycles. The Hall–Kier alpha value is -2.27. The molecule has 3 N–H and O–H groups in total. The highest BCUT2D eigenvalue weighted by Crippen LogP contribution is 2.30. The van der Waals surface area contributed by atoms with Crippen LogP contribution in [0, 0.1) is 11.6 Å². The molecule has 110 valence electrons. The molecule has 0 radical (unpaired) electrons. The Balaban J connectivity index is 2.55. The molecule has 0 spiro atoms. The van der Waals surface area contributed by atoms with Gasteiger partial charge < -0.3 is 10.8 Å². The molecule has 5 heteroatoms. The number of rotatable bonds is 5. The molecule has 2 aromatic carbocycles. The number of hydrogen-bond donors (Lipinski definition) is 2. The van der Waals surface area contributed by atoms with Crippen molar-refractivity contribution >= 4 is 5.97 Å². The molecule has 0 aliphatic heterocycles. The molecule has 0 saturated carbocycles. The maximum atomic E-state index is 13.8. The molecule has 21 heavy (non-hydrogen) atoms.